The molecule has 0 radical (unpaired) electrons. The van der Waals surface area contributed by atoms with Crippen molar-refractivity contribution in [1.82, 2.24) is 20.4 Å². The van der Waals surface area contributed by atoms with Gasteiger partial charge in [0.25, 0.3) is 0 Å². The molecular weight excluding hydrogens is 362 g/mol. The number of ether oxygens (including phenoxy) is 1. The molecule has 0 saturated heterocycles. The van der Waals surface area contributed by atoms with Crippen molar-refractivity contribution >= 4 is 5.96 Å². The van der Waals surface area contributed by atoms with E-state index in [9.17, 15) is 0 Å². The Kier molecular flexibility index (Phi) is 6.89. The maximum absolute atomic E-state index is 5.41. The first-order chi connectivity index (χ1) is 14.1. The quantitative estimate of drug-likeness (QED) is 0.477. The molecule has 2 aromatic carbocycles. The number of aromatic nitrogens is 2. The van der Waals surface area contributed by atoms with Crippen molar-refractivity contribution in [3.63, 3.8) is 0 Å². The smallest absolute Gasteiger partial charge is 0.191 e. The molecule has 0 amide bonds. The average molecular weight is 392 g/mol. The van der Waals surface area contributed by atoms with E-state index < -0.39 is 0 Å². The molecule has 0 spiro atoms. The lowest BCUT2D eigenvalue weighted by molar-refractivity contribution is 0.411. The first-order valence-electron chi connectivity index (χ1n) is 9.81. The summed E-state index contributed by atoms with van der Waals surface area (Å²) in [5.74, 6) is 1.71. The lowest BCUT2D eigenvalue weighted by Crippen LogP contribution is -2.39. The van der Waals surface area contributed by atoms with Crippen LogP contribution in [0.2, 0.25) is 0 Å². The number of rotatable bonds is 7. The standard InChI is InChI=1S/C23H29N5O/c1-17-9-10-19(15-22(17)29-4)11-13-25-23(24-3)27-18(2)20-7-5-8-21(16-20)28-14-6-12-26-28/h5-10,12,14-16,18H,11,13H2,1-4H3,(H2,24,25,27). The molecule has 0 fully saturated rings. The number of guanidine groups is 1. The Hall–Kier alpha value is -3.28. The van der Waals surface area contributed by atoms with Crippen molar-refractivity contribution in [3.8, 4) is 11.4 Å². The number of aliphatic imine (C=N–C) groups is 1. The molecule has 1 aromatic heterocycles. The molecule has 0 saturated carbocycles. The summed E-state index contributed by atoms with van der Waals surface area (Å²) < 4.78 is 7.27. The zero-order valence-corrected chi connectivity index (χ0v) is 17.5. The first kappa shape index (κ1) is 20.5. The molecule has 6 heteroatoms. The minimum absolute atomic E-state index is 0.108. The fourth-order valence-corrected chi connectivity index (χ4v) is 3.19. The molecule has 2 N–H and O–H groups in total. The van der Waals surface area contributed by atoms with Gasteiger partial charge in [-0.2, -0.15) is 5.10 Å². The van der Waals surface area contributed by atoms with Gasteiger partial charge >= 0.3 is 0 Å². The molecule has 0 bridgehead atoms. The van der Waals surface area contributed by atoms with Crippen molar-refractivity contribution in [2.24, 2.45) is 4.99 Å². The van der Waals surface area contributed by atoms with Crippen LogP contribution < -0.4 is 15.4 Å². The van der Waals surface area contributed by atoms with Gasteiger partial charge in [-0.05, 0) is 61.2 Å². The highest BCUT2D eigenvalue weighted by Crippen LogP contribution is 2.19. The third kappa shape index (κ3) is 5.38. The van der Waals surface area contributed by atoms with Gasteiger partial charge < -0.3 is 15.4 Å². The molecular formula is C23H29N5O. The molecule has 1 heterocycles. The molecule has 0 aliphatic heterocycles. The van der Waals surface area contributed by atoms with Gasteiger partial charge in [-0.25, -0.2) is 4.68 Å². The van der Waals surface area contributed by atoms with E-state index in [1.165, 1.54) is 11.1 Å². The van der Waals surface area contributed by atoms with E-state index >= 15 is 0 Å². The number of nitrogens with zero attached hydrogens (tertiary/aromatic N) is 3. The number of aryl methyl sites for hydroxylation is 1. The fourth-order valence-electron chi connectivity index (χ4n) is 3.19. The van der Waals surface area contributed by atoms with E-state index in [0.29, 0.717) is 0 Å². The van der Waals surface area contributed by atoms with Crippen LogP contribution in [0.3, 0.4) is 0 Å². The summed E-state index contributed by atoms with van der Waals surface area (Å²) in [6.07, 6.45) is 4.61. The Balaban J connectivity index is 1.57. The van der Waals surface area contributed by atoms with Crippen LogP contribution in [0.15, 0.2) is 65.9 Å². The van der Waals surface area contributed by atoms with Gasteiger partial charge in [-0.15, -0.1) is 0 Å². The predicted molar refractivity (Wildman–Crippen MR) is 118 cm³/mol. The van der Waals surface area contributed by atoms with Crippen LogP contribution >= 0.6 is 0 Å². The number of methoxy groups -OCH3 is 1. The van der Waals surface area contributed by atoms with Crippen molar-refractivity contribution in [2.45, 2.75) is 26.3 Å². The molecule has 3 rings (SSSR count). The van der Waals surface area contributed by atoms with Crippen molar-refractivity contribution < 1.29 is 4.74 Å². The van der Waals surface area contributed by atoms with Crippen LogP contribution in [-0.4, -0.2) is 36.4 Å². The highest BCUT2D eigenvalue weighted by Gasteiger charge is 2.09. The topological polar surface area (TPSA) is 63.5 Å². The van der Waals surface area contributed by atoms with Crippen molar-refractivity contribution in [3.05, 3.63) is 77.6 Å². The van der Waals surface area contributed by atoms with Crippen LogP contribution in [-0.2, 0) is 6.42 Å². The number of hydrogen-bond acceptors (Lipinski definition) is 3. The molecule has 0 aliphatic carbocycles. The summed E-state index contributed by atoms with van der Waals surface area (Å²) in [5, 5.41) is 11.2. The Morgan fingerprint density at radius 2 is 2.07 bits per heavy atom. The monoisotopic (exact) mass is 391 g/mol. The Bertz CT molecular complexity index is 950. The van der Waals surface area contributed by atoms with E-state index in [4.69, 9.17) is 4.74 Å². The fraction of sp³-hybridized carbons (Fsp3) is 0.304. The van der Waals surface area contributed by atoms with Gasteiger partial charge in [0.15, 0.2) is 5.96 Å². The first-order valence-corrected chi connectivity index (χ1v) is 9.81. The molecule has 3 aromatic rings. The van der Waals surface area contributed by atoms with Gasteiger partial charge in [0.2, 0.25) is 0 Å². The maximum Gasteiger partial charge on any atom is 0.191 e. The summed E-state index contributed by atoms with van der Waals surface area (Å²) in [4.78, 5) is 4.36. The molecule has 6 nitrogen and oxygen atoms in total. The zero-order chi connectivity index (χ0) is 20.6. The second kappa shape index (κ2) is 9.78. The van der Waals surface area contributed by atoms with Gasteiger partial charge in [-0.1, -0.05) is 24.3 Å². The maximum atomic E-state index is 5.41. The van der Waals surface area contributed by atoms with Gasteiger partial charge in [0, 0.05) is 26.0 Å². The number of benzene rings is 2. The highest BCUT2D eigenvalue weighted by atomic mass is 16.5. The van der Waals surface area contributed by atoms with Gasteiger partial charge in [0.05, 0.1) is 18.8 Å². The summed E-state index contributed by atoms with van der Waals surface area (Å²) >= 11 is 0. The minimum Gasteiger partial charge on any atom is -0.496 e. The van der Waals surface area contributed by atoms with Gasteiger partial charge in [-0.3, -0.25) is 4.99 Å². The van der Waals surface area contributed by atoms with Crippen LogP contribution in [0.5, 0.6) is 5.75 Å². The number of hydrogen-bond donors (Lipinski definition) is 2. The van der Waals surface area contributed by atoms with E-state index in [0.717, 1.165) is 35.9 Å². The highest BCUT2D eigenvalue weighted by molar-refractivity contribution is 5.80. The minimum atomic E-state index is 0.108. The predicted octanol–water partition coefficient (Wildman–Crippen LogP) is 3.66. The molecule has 29 heavy (non-hydrogen) atoms. The summed E-state index contributed by atoms with van der Waals surface area (Å²) in [6.45, 7) is 4.96. The Morgan fingerprint density at radius 1 is 1.21 bits per heavy atom. The van der Waals surface area contributed by atoms with Gasteiger partial charge in [0.1, 0.15) is 5.75 Å². The lowest BCUT2D eigenvalue weighted by Gasteiger charge is -2.19. The van der Waals surface area contributed by atoms with E-state index in [-0.39, 0.29) is 6.04 Å². The van der Waals surface area contributed by atoms with Crippen LogP contribution in [0.4, 0.5) is 0 Å². The Morgan fingerprint density at radius 3 is 2.79 bits per heavy atom. The second-order valence-corrected chi connectivity index (χ2v) is 6.96. The summed E-state index contributed by atoms with van der Waals surface area (Å²) in [6, 6.07) is 16.7. The zero-order valence-electron chi connectivity index (χ0n) is 17.5. The van der Waals surface area contributed by atoms with Crippen molar-refractivity contribution in [1.29, 1.82) is 0 Å². The Labute approximate surface area is 172 Å². The average Bonchev–Trinajstić information content (AvgIpc) is 3.29. The van der Waals surface area contributed by atoms with Crippen LogP contribution in [0, 0.1) is 6.92 Å². The van der Waals surface area contributed by atoms with E-state index in [1.54, 1.807) is 20.4 Å². The van der Waals surface area contributed by atoms with Crippen molar-refractivity contribution in [2.75, 3.05) is 20.7 Å². The molecule has 0 aliphatic rings. The third-order valence-electron chi connectivity index (χ3n) is 4.89. The summed E-state index contributed by atoms with van der Waals surface area (Å²) in [5.41, 5.74) is 4.59. The number of nitrogens with one attached hydrogen (secondary N) is 2. The normalized spacial score (nSPS) is 12.5. The molecule has 1 unspecified atom stereocenters. The third-order valence-corrected chi connectivity index (χ3v) is 4.89. The molecule has 152 valence electrons. The summed E-state index contributed by atoms with van der Waals surface area (Å²) in [7, 11) is 3.50. The largest absolute Gasteiger partial charge is 0.496 e. The van der Waals surface area contributed by atoms with Crippen LogP contribution in [0.25, 0.3) is 5.69 Å². The molecule has 1 atom stereocenters. The SMILES string of the molecule is CN=C(NCCc1ccc(C)c(OC)c1)NC(C)c1cccc(-n2cccn2)c1. The van der Waals surface area contributed by atoms with Crippen LogP contribution in [0.1, 0.15) is 29.7 Å². The second-order valence-electron chi connectivity index (χ2n) is 6.96. The lowest BCUT2D eigenvalue weighted by atomic mass is 10.1. The van der Waals surface area contributed by atoms with E-state index in [1.807, 2.05) is 29.1 Å². The van der Waals surface area contributed by atoms with E-state index in [2.05, 4.69) is 64.9 Å².